The molecule has 0 aromatic carbocycles. The van der Waals surface area contributed by atoms with Gasteiger partial charge < -0.3 is 10.5 Å². The van der Waals surface area contributed by atoms with Gasteiger partial charge in [-0.15, -0.1) is 0 Å². The van der Waals surface area contributed by atoms with Gasteiger partial charge in [0.1, 0.15) is 0 Å². The second kappa shape index (κ2) is 3.67. The van der Waals surface area contributed by atoms with Gasteiger partial charge in [-0.2, -0.15) is 0 Å². The second-order valence-corrected chi connectivity index (χ2v) is 3.98. The molecule has 1 aromatic rings. The number of hydrogen-bond donors (Lipinski definition) is 1. The predicted octanol–water partition coefficient (Wildman–Crippen LogP) is 1.01. The van der Waals surface area contributed by atoms with Gasteiger partial charge in [-0.1, -0.05) is 6.07 Å². The van der Waals surface area contributed by atoms with Crippen molar-refractivity contribution < 1.29 is 4.74 Å². The summed E-state index contributed by atoms with van der Waals surface area (Å²) in [6.45, 7) is 4.17. The van der Waals surface area contributed by atoms with Crippen molar-refractivity contribution in [2.75, 3.05) is 19.8 Å². The van der Waals surface area contributed by atoms with Crippen molar-refractivity contribution >= 4 is 0 Å². The molecule has 0 aliphatic carbocycles. The number of nitrogens with zero attached hydrogens (tertiary/aromatic N) is 1. The molecule has 0 saturated carbocycles. The summed E-state index contributed by atoms with van der Waals surface area (Å²) < 4.78 is 5.43. The lowest BCUT2D eigenvalue weighted by Gasteiger charge is -2.25. The summed E-state index contributed by atoms with van der Waals surface area (Å²) >= 11 is 0. The van der Waals surface area contributed by atoms with Gasteiger partial charge in [0, 0.05) is 30.5 Å². The largest absolute Gasteiger partial charge is 0.380 e. The molecular formula is C11H16N2O. The maximum Gasteiger partial charge on any atom is 0.0576 e. The topological polar surface area (TPSA) is 48.1 Å². The van der Waals surface area contributed by atoms with E-state index in [2.05, 4.69) is 11.1 Å². The molecule has 3 nitrogen and oxygen atoms in total. The highest BCUT2D eigenvalue weighted by molar-refractivity contribution is 5.25. The summed E-state index contributed by atoms with van der Waals surface area (Å²) in [4.78, 5) is 4.31. The zero-order chi connectivity index (χ0) is 10.0. The van der Waals surface area contributed by atoms with E-state index in [1.807, 2.05) is 19.2 Å². The van der Waals surface area contributed by atoms with E-state index in [4.69, 9.17) is 10.5 Å². The van der Waals surface area contributed by atoms with Crippen LogP contribution in [0.4, 0.5) is 0 Å². The van der Waals surface area contributed by atoms with Gasteiger partial charge in [-0.05, 0) is 25.0 Å². The van der Waals surface area contributed by atoms with Crippen LogP contribution in [0.15, 0.2) is 18.3 Å². The molecule has 76 valence electrons. The van der Waals surface area contributed by atoms with Crippen LogP contribution in [0.2, 0.25) is 0 Å². The maximum atomic E-state index is 5.83. The van der Waals surface area contributed by atoms with Crippen LogP contribution in [0.5, 0.6) is 0 Å². The lowest BCUT2D eigenvalue weighted by Crippen LogP contribution is -2.35. The fraction of sp³-hybridized carbons (Fsp3) is 0.545. The van der Waals surface area contributed by atoms with Crippen LogP contribution in [-0.4, -0.2) is 24.7 Å². The number of ether oxygens (including phenoxy) is 1. The third kappa shape index (κ3) is 1.53. The van der Waals surface area contributed by atoms with E-state index in [1.165, 1.54) is 5.56 Å². The summed E-state index contributed by atoms with van der Waals surface area (Å²) in [6.07, 6.45) is 2.94. The third-order valence-electron chi connectivity index (χ3n) is 3.02. The molecule has 0 amide bonds. The lowest BCUT2D eigenvalue weighted by atomic mass is 9.81. The van der Waals surface area contributed by atoms with Gasteiger partial charge in [-0.3, -0.25) is 4.98 Å². The first kappa shape index (κ1) is 9.62. The number of aromatic nitrogens is 1. The second-order valence-electron chi connectivity index (χ2n) is 3.98. The van der Waals surface area contributed by atoms with Crippen molar-refractivity contribution in [3.05, 3.63) is 29.6 Å². The molecular weight excluding hydrogens is 176 g/mol. The minimum Gasteiger partial charge on any atom is -0.380 e. The zero-order valence-corrected chi connectivity index (χ0v) is 8.49. The normalized spacial score (nSPS) is 26.7. The van der Waals surface area contributed by atoms with Gasteiger partial charge in [0.15, 0.2) is 0 Å². The average molecular weight is 192 g/mol. The molecule has 2 rings (SSSR count). The van der Waals surface area contributed by atoms with Gasteiger partial charge in [0.25, 0.3) is 0 Å². The highest BCUT2D eigenvalue weighted by Gasteiger charge is 2.35. The Morgan fingerprint density at radius 2 is 2.43 bits per heavy atom. The monoisotopic (exact) mass is 192 g/mol. The van der Waals surface area contributed by atoms with E-state index in [0.717, 1.165) is 25.3 Å². The van der Waals surface area contributed by atoms with E-state index in [1.54, 1.807) is 0 Å². The van der Waals surface area contributed by atoms with Crippen LogP contribution in [0.1, 0.15) is 17.7 Å². The SMILES string of the molecule is Cc1ccc(C2(CN)CCOC2)cn1. The molecule has 0 spiro atoms. The third-order valence-corrected chi connectivity index (χ3v) is 3.02. The van der Waals surface area contributed by atoms with Gasteiger partial charge in [0.05, 0.1) is 6.61 Å². The molecule has 1 unspecified atom stereocenters. The smallest absolute Gasteiger partial charge is 0.0576 e. The fourth-order valence-corrected chi connectivity index (χ4v) is 1.90. The van der Waals surface area contributed by atoms with Crippen LogP contribution >= 0.6 is 0 Å². The maximum absolute atomic E-state index is 5.83. The van der Waals surface area contributed by atoms with Gasteiger partial charge >= 0.3 is 0 Å². The Kier molecular flexibility index (Phi) is 2.52. The van der Waals surface area contributed by atoms with Crippen molar-refractivity contribution in [1.29, 1.82) is 0 Å². The number of rotatable bonds is 2. The fourth-order valence-electron chi connectivity index (χ4n) is 1.90. The highest BCUT2D eigenvalue weighted by Crippen LogP contribution is 2.31. The molecule has 1 aromatic heterocycles. The van der Waals surface area contributed by atoms with E-state index < -0.39 is 0 Å². The van der Waals surface area contributed by atoms with Crippen molar-refractivity contribution in [3.63, 3.8) is 0 Å². The van der Waals surface area contributed by atoms with Crippen molar-refractivity contribution in [2.45, 2.75) is 18.8 Å². The summed E-state index contributed by atoms with van der Waals surface area (Å²) in [5.74, 6) is 0. The van der Waals surface area contributed by atoms with E-state index in [0.29, 0.717) is 6.54 Å². The van der Waals surface area contributed by atoms with Crippen LogP contribution in [-0.2, 0) is 10.2 Å². The number of hydrogen-bond acceptors (Lipinski definition) is 3. The molecule has 1 aliphatic heterocycles. The molecule has 3 heteroatoms. The van der Waals surface area contributed by atoms with Gasteiger partial charge in [-0.25, -0.2) is 0 Å². The molecule has 0 bridgehead atoms. The molecule has 2 N–H and O–H groups in total. The lowest BCUT2D eigenvalue weighted by molar-refractivity contribution is 0.178. The van der Waals surface area contributed by atoms with Crippen molar-refractivity contribution in [3.8, 4) is 0 Å². The van der Waals surface area contributed by atoms with Gasteiger partial charge in [0.2, 0.25) is 0 Å². The van der Waals surface area contributed by atoms with Crippen LogP contribution in [0.3, 0.4) is 0 Å². The first-order chi connectivity index (χ1) is 6.77. The Morgan fingerprint density at radius 1 is 1.57 bits per heavy atom. The van der Waals surface area contributed by atoms with Crippen LogP contribution in [0.25, 0.3) is 0 Å². The summed E-state index contributed by atoms with van der Waals surface area (Å²) in [5, 5.41) is 0. The molecule has 1 aliphatic rings. The van der Waals surface area contributed by atoms with Crippen molar-refractivity contribution in [1.82, 2.24) is 4.98 Å². The summed E-state index contributed by atoms with van der Waals surface area (Å²) in [6, 6.07) is 4.15. The number of pyridine rings is 1. The Bertz CT molecular complexity index is 302. The van der Waals surface area contributed by atoms with E-state index in [9.17, 15) is 0 Å². The molecule has 2 heterocycles. The Morgan fingerprint density at radius 3 is 2.93 bits per heavy atom. The zero-order valence-electron chi connectivity index (χ0n) is 8.49. The Labute approximate surface area is 84.3 Å². The minimum atomic E-state index is 0.0146. The Balaban J connectivity index is 2.31. The Hall–Kier alpha value is -0.930. The number of nitrogens with two attached hydrogens (primary N) is 1. The summed E-state index contributed by atoms with van der Waals surface area (Å²) in [5.41, 5.74) is 8.10. The molecule has 1 saturated heterocycles. The first-order valence-electron chi connectivity index (χ1n) is 4.98. The standard InChI is InChI=1S/C11H16N2O/c1-9-2-3-10(6-13-9)11(7-12)4-5-14-8-11/h2-3,6H,4-5,7-8,12H2,1H3. The van der Waals surface area contributed by atoms with E-state index >= 15 is 0 Å². The molecule has 0 radical (unpaired) electrons. The highest BCUT2D eigenvalue weighted by atomic mass is 16.5. The molecule has 14 heavy (non-hydrogen) atoms. The quantitative estimate of drug-likeness (QED) is 0.760. The van der Waals surface area contributed by atoms with Crippen molar-refractivity contribution in [2.24, 2.45) is 5.73 Å². The average Bonchev–Trinajstić information content (AvgIpc) is 2.68. The molecule has 1 fully saturated rings. The number of aryl methyl sites for hydroxylation is 1. The minimum absolute atomic E-state index is 0.0146. The molecule has 1 atom stereocenters. The van der Waals surface area contributed by atoms with E-state index in [-0.39, 0.29) is 5.41 Å². The van der Waals surface area contributed by atoms with Crippen LogP contribution < -0.4 is 5.73 Å². The first-order valence-corrected chi connectivity index (χ1v) is 4.98. The predicted molar refractivity (Wildman–Crippen MR) is 55.1 cm³/mol. The van der Waals surface area contributed by atoms with Crippen LogP contribution in [0, 0.1) is 6.92 Å². The summed E-state index contributed by atoms with van der Waals surface area (Å²) in [7, 11) is 0.